The van der Waals surface area contributed by atoms with E-state index in [1.807, 2.05) is 12.1 Å². The number of nitrogens with zero attached hydrogens (tertiary/aromatic N) is 1. The molecule has 94 valence electrons. The van der Waals surface area contributed by atoms with Gasteiger partial charge in [-0.15, -0.1) is 11.3 Å². The number of nitro groups is 1. The molecule has 0 atom stereocenters. The van der Waals surface area contributed by atoms with E-state index < -0.39 is 4.92 Å². The smallest absolute Gasteiger partial charge is 0.270 e. The molecular formula is C11H8Br2N2O2S. The largest absolute Gasteiger partial charge is 0.379 e. The molecule has 0 aliphatic rings. The van der Waals surface area contributed by atoms with Gasteiger partial charge in [0.2, 0.25) is 0 Å². The normalized spacial score (nSPS) is 10.3. The first-order valence-corrected chi connectivity index (χ1v) is 7.38. The monoisotopic (exact) mass is 390 g/mol. The van der Waals surface area contributed by atoms with Crippen LogP contribution in [0.3, 0.4) is 0 Å². The fourth-order valence-corrected chi connectivity index (χ4v) is 3.32. The van der Waals surface area contributed by atoms with Crippen LogP contribution in [0.25, 0.3) is 0 Å². The molecule has 1 heterocycles. The summed E-state index contributed by atoms with van der Waals surface area (Å²) in [5.41, 5.74) is 0.913. The first-order chi connectivity index (χ1) is 8.56. The first kappa shape index (κ1) is 13.5. The quantitative estimate of drug-likeness (QED) is 0.601. The molecule has 1 N–H and O–H groups in total. The van der Waals surface area contributed by atoms with E-state index >= 15 is 0 Å². The summed E-state index contributed by atoms with van der Waals surface area (Å²) in [4.78, 5) is 11.4. The molecule has 0 radical (unpaired) electrons. The van der Waals surface area contributed by atoms with Crippen LogP contribution in [-0.4, -0.2) is 4.92 Å². The summed E-state index contributed by atoms with van der Waals surface area (Å²) in [7, 11) is 0. The standard InChI is InChI=1S/C11H8Br2N2O2S/c12-9-5-7(15(16)17)1-3-10(9)14-6-8-2-4-11(13)18-8/h1-5,14H,6H2. The Morgan fingerprint density at radius 2 is 2.06 bits per heavy atom. The Balaban J connectivity index is 2.08. The minimum absolute atomic E-state index is 0.0753. The van der Waals surface area contributed by atoms with Gasteiger partial charge in [0.25, 0.3) is 5.69 Å². The molecule has 0 fully saturated rings. The number of benzene rings is 1. The molecule has 0 saturated heterocycles. The van der Waals surface area contributed by atoms with Crippen LogP contribution in [0.15, 0.2) is 38.6 Å². The van der Waals surface area contributed by atoms with E-state index in [4.69, 9.17) is 0 Å². The lowest BCUT2D eigenvalue weighted by atomic mass is 10.3. The van der Waals surface area contributed by atoms with Crippen molar-refractivity contribution < 1.29 is 4.92 Å². The van der Waals surface area contributed by atoms with Gasteiger partial charge in [-0.3, -0.25) is 10.1 Å². The van der Waals surface area contributed by atoms with E-state index in [0.717, 1.165) is 9.47 Å². The number of rotatable bonds is 4. The molecule has 1 aromatic carbocycles. The van der Waals surface area contributed by atoms with E-state index in [9.17, 15) is 10.1 Å². The second-order valence-corrected chi connectivity index (χ2v) is 6.88. The summed E-state index contributed by atoms with van der Waals surface area (Å²) in [5, 5.41) is 13.8. The van der Waals surface area contributed by atoms with Crippen molar-refractivity contribution in [1.29, 1.82) is 0 Å². The summed E-state index contributed by atoms with van der Waals surface area (Å²) in [6.45, 7) is 0.687. The predicted octanol–water partition coefficient (Wildman–Crippen LogP) is 4.79. The van der Waals surface area contributed by atoms with Crippen molar-refractivity contribution in [2.24, 2.45) is 0 Å². The maximum atomic E-state index is 10.6. The van der Waals surface area contributed by atoms with Crippen LogP contribution in [-0.2, 0) is 6.54 Å². The van der Waals surface area contributed by atoms with Gasteiger partial charge in [0.15, 0.2) is 0 Å². The third-order valence-electron chi connectivity index (χ3n) is 2.25. The second-order valence-electron chi connectivity index (χ2n) is 3.48. The van der Waals surface area contributed by atoms with Gasteiger partial charge in [-0.2, -0.15) is 0 Å². The zero-order valence-electron chi connectivity index (χ0n) is 9.02. The first-order valence-electron chi connectivity index (χ1n) is 4.98. The summed E-state index contributed by atoms with van der Waals surface area (Å²) >= 11 is 8.38. The highest BCUT2D eigenvalue weighted by atomic mass is 79.9. The van der Waals surface area contributed by atoms with Crippen LogP contribution in [0.2, 0.25) is 0 Å². The van der Waals surface area contributed by atoms with Crippen molar-refractivity contribution in [3.05, 3.63) is 53.6 Å². The van der Waals surface area contributed by atoms with Crippen molar-refractivity contribution >= 4 is 54.6 Å². The molecule has 0 spiro atoms. The molecule has 2 aromatic rings. The van der Waals surface area contributed by atoms with E-state index in [1.165, 1.54) is 17.0 Å². The van der Waals surface area contributed by atoms with Crippen molar-refractivity contribution in [2.75, 3.05) is 5.32 Å². The minimum Gasteiger partial charge on any atom is -0.379 e. The maximum absolute atomic E-state index is 10.6. The zero-order valence-corrected chi connectivity index (χ0v) is 13.0. The van der Waals surface area contributed by atoms with E-state index in [-0.39, 0.29) is 5.69 Å². The predicted molar refractivity (Wildman–Crippen MR) is 80.1 cm³/mol. The third-order valence-corrected chi connectivity index (χ3v) is 4.53. The Morgan fingerprint density at radius 3 is 2.61 bits per heavy atom. The zero-order chi connectivity index (χ0) is 13.1. The summed E-state index contributed by atoms with van der Waals surface area (Å²) in [6, 6.07) is 8.70. The highest BCUT2D eigenvalue weighted by Gasteiger charge is 2.09. The van der Waals surface area contributed by atoms with E-state index in [2.05, 4.69) is 37.2 Å². The van der Waals surface area contributed by atoms with Gasteiger partial charge in [0, 0.05) is 33.7 Å². The van der Waals surface area contributed by atoms with Crippen molar-refractivity contribution in [1.82, 2.24) is 0 Å². The SMILES string of the molecule is O=[N+]([O-])c1ccc(NCc2ccc(Br)s2)c(Br)c1. The summed E-state index contributed by atoms with van der Waals surface area (Å²) < 4.78 is 1.77. The maximum Gasteiger partial charge on any atom is 0.270 e. The average molecular weight is 392 g/mol. The fourth-order valence-electron chi connectivity index (χ4n) is 1.39. The molecule has 0 aliphatic heterocycles. The third kappa shape index (κ3) is 3.30. The van der Waals surface area contributed by atoms with E-state index in [0.29, 0.717) is 11.0 Å². The lowest BCUT2D eigenvalue weighted by Gasteiger charge is -2.06. The number of thiophene rings is 1. The number of non-ortho nitro benzene ring substituents is 1. The number of hydrogen-bond acceptors (Lipinski definition) is 4. The van der Waals surface area contributed by atoms with Gasteiger partial charge in [-0.25, -0.2) is 0 Å². The highest BCUT2D eigenvalue weighted by Crippen LogP contribution is 2.28. The van der Waals surface area contributed by atoms with Gasteiger partial charge in [0.1, 0.15) is 0 Å². The van der Waals surface area contributed by atoms with Crippen molar-refractivity contribution in [3.8, 4) is 0 Å². The molecule has 0 saturated carbocycles. The molecular weight excluding hydrogens is 384 g/mol. The Kier molecular flexibility index (Phi) is 4.36. The second kappa shape index (κ2) is 5.81. The molecule has 0 unspecified atom stereocenters. The Bertz CT molecular complexity index is 586. The number of nitrogens with one attached hydrogen (secondary N) is 1. The van der Waals surface area contributed by atoms with Gasteiger partial charge in [-0.05, 0) is 50.1 Å². The van der Waals surface area contributed by atoms with Crippen molar-refractivity contribution in [2.45, 2.75) is 6.54 Å². The number of anilines is 1. The lowest BCUT2D eigenvalue weighted by molar-refractivity contribution is -0.384. The number of nitro benzene ring substituents is 1. The average Bonchev–Trinajstić information content (AvgIpc) is 2.73. The molecule has 18 heavy (non-hydrogen) atoms. The van der Waals surface area contributed by atoms with Crippen molar-refractivity contribution in [3.63, 3.8) is 0 Å². The summed E-state index contributed by atoms with van der Waals surface area (Å²) in [5.74, 6) is 0. The molecule has 2 rings (SSSR count). The Morgan fingerprint density at radius 1 is 1.28 bits per heavy atom. The topological polar surface area (TPSA) is 55.2 Å². The van der Waals surface area contributed by atoms with Crippen LogP contribution in [0.5, 0.6) is 0 Å². The van der Waals surface area contributed by atoms with Crippen LogP contribution >= 0.6 is 43.2 Å². The Hall–Kier alpha value is -0.920. The van der Waals surface area contributed by atoms with Crippen LogP contribution in [0.1, 0.15) is 4.88 Å². The van der Waals surface area contributed by atoms with Crippen LogP contribution in [0, 0.1) is 10.1 Å². The van der Waals surface area contributed by atoms with Crippen LogP contribution < -0.4 is 5.32 Å². The molecule has 1 aromatic heterocycles. The lowest BCUT2D eigenvalue weighted by Crippen LogP contribution is -1.98. The highest BCUT2D eigenvalue weighted by molar-refractivity contribution is 9.11. The van der Waals surface area contributed by atoms with Crippen LogP contribution in [0.4, 0.5) is 11.4 Å². The Labute approximate surface area is 124 Å². The summed E-state index contributed by atoms with van der Waals surface area (Å²) in [6.07, 6.45) is 0. The van der Waals surface area contributed by atoms with Gasteiger partial charge < -0.3 is 5.32 Å². The van der Waals surface area contributed by atoms with Gasteiger partial charge >= 0.3 is 0 Å². The molecule has 0 bridgehead atoms. The molecule has 4 nitrogen and oxygen atoms in total. The fraction of sp³-hybridized carbons (Fsp3) is 0.0909. The van der Waals surface area contributed by atoms with E-state index in [1.54, 1.807) is 17.4 Å². The number of hydrogen-bond donors (Lipinski definition) is 1. The molecule has 0 aliphatic carbocycles. The molecule has 0 amide bonds. The van der Waals surface area contributed by atoms with Gasteiger partial charge in [0.05, 0.1) is 8.71 Å². The van der Waals surface area contributed by atoms with Gasteiger partial charge in [-0.1, -0.05) is 0 Å². The minimum atomic E-state index is -0.412. The molecule has 7 heteroatoms. The number of halogens is 2.